The number of carbonyl (C=O) groups is 1. The van der Waals surface area contributed by atoms with Crippen LogP contribution in [0.25, 0.3) is 10.8 Å². The number of carbonyl (C=O) groups excluding carboxylic acids is 1. The minimum atomic E-state index is -0.134. The van der Waals surface area contributed by atoms with Crippen LogP contribution in [0.2, 0.25) is 0 Å². The Kier molecular flexibility index (Phi) is 4.88. The van der Waals surface area contributed by atoms with Crippen LogP contribution >= 0.6 is 0 Å². The molecule has 0 radical (unpaired) electrons. The van der Waals surface area contributed by atoms with E-state index in [1.54, 1.807) is 12.4 Å². The van der Waals surface area contributed by atoms with E-state index in [2.05, 4.69) is 62.6 Å². The zero-order chi connectivity index (χ0) is 17.8. The number of rotatable bonds is 4. The number of hydrogen-bond donors (Lipinski definition) is 1. The molecule has 2 heterocycles. The molecule has 0 spiro atoms. The molecule has 1 aliphatic rings. The van der Waals surface area contributed by atoms with Crippen LogP contribution in [0.1, 0.15) is 28.9 Å². The van der Waals surface area contributed by atoms with Crippen molar-refractivity contribution in [1.29, 1.82) is 0 Å². The molecule has 0 bridgehead atoms. The number of hydrogen-bond acceptors (Lipinski definition) is 4. The van der Waals surface area contributed by atoms with Crippen LogP contribution in [0, 0.1) is 0 Å². The highest BCUT2D eigenvalue weighted by Crippen LogP contribution is 2.21. The van der Waals surface area contributed by atoms with Gasteiger partial charge in [-0.25, -0.2) is 4.98 Å². The van der Waals surface area contributed by atoms with E-state index in [1.807, 2.05) is 0 Å². The monoisotopic (exact) mass is 346 g/mol. The van der Waals surface area contributed by atoms with E-state index < -0.39 is 0 Å². The Labute approximate surface area is 153 Å². The summed E-state index contributed by atoms with van der Waals surface area (Å²) in [4.78, 5) is 22.7. The van der Waals surface area contributed by atoms with Gasteiger partial charge in [0.15, 0.2) is 0 Å². The molecule has 2 aromatic carbocycles. The standard InChI is InChI=1S/C21H22N4O/c26-21(20-14-22-10-11-23-20)24-18-8-12-25(13-9-18)15-17-6-3-5-16-4-1-2-7-19(16)17/h1-7,10-11,14,18H,8-9,12-13,15H2,(H,24,26). The Morgan fingerprint density at radius 2 is 1.88 bits per heavy atom. The Morgan fingerprint density at radius 3 is 2.69 bits per heavy atom. The van der Waals surface area contributed by atoms with Gasteiger partial charge in [0.2, 0.25) is 0 Å². The summed E-state index contributed by atoms with van der Waals surface area (Å²) in [6.07, 6.45) is 6.53. The Bertz CT molecular complexity index is 883. The highest BCUT2D eigenvalue weighted by Gasteiger charge is 2.22. The lowest BCUT2D eigenvalue weighted by molar-refractivity contribution is 0.0903. The van der Waals surface area contributed by atoms with Crippen molar-refractivity contribution in [1.82, 2.24) is 20.2 Å². The molecule has 5 heteroatoms. The molecule has 1 amide bonds. The highest BCUT2D eigenvalue weighted by molar-refractivity contribution is 5.92. The summed E-state index contributed by atoms with van der Waals surface area (Å²) in [6, 6.07) is 15.2. The topological polar surface area (TPSA) is 58.1 Å². The molecule has 26 heavy (non-hydrogen) atoms. The second-order valence-electron chi connectivity index (χ2n) is 6.75. The number of likely N-dealkylation sites (tertiary alicyclic amines) is 1. The predicted octanol–water partition coefficient (Wildman–Crippen LogP) is 3.02. The molecule has 1 N–H and O–H groups in total. The minimum absolute atomic E-state index is 0.134. The van der Waals surface area contributed by atoms with E-state index in [4.69, 9.17) is 0 Å². The molecular formula is C21H22N4O. The highest BCUT2D eigenvalue weighted by atomic mass is 16.1. The number of aromatic nitrogens is 2. The van der Waals surface area contributed by atoms with Gasteiger partial charge >= 0.3 is 0 Å². The molecular weight excluding hydrogens is 324 g/mol. The van der Waals surface area contributed by atoms with Crippen molar-refractivity contribution in [2.45, 2.75) is 25.4 Å². The van der Waals surface area contributed by atoms with Crippen molar-refractivity contribution in [3.8, 4) is 0 Å². The predicted molar refractivity (Wildman–Crippen MR) is 102 cm³/mol. The zero-order valence-electron chi connectivity index (χ0n) is 14.6. The van der Waals surface area contributed by atoms with Crippen LogP contribution in [-0.2, 0) is 6.54 Å². The molecule has 0 atom stereocenters. The second kappa shape index (κ2) is 7.62. The van der Waals surface area contributed by atoms with Crippen molar-refractivity contribution in [3.63, 3.8) is 0 Å². The number of nitrogens with zero attached hydrogens (tertiary/aromatic N) is 3. The lowest BCUT2D eigenvalue weighted by Gasteiger charge is -2.32. The van der Waals surface area contributed by atoms with Crippen LogP contribution in [0.3, 0.4) is 0 Å². The first-order valence-electron chi connectivity index (χ1n) is 9.05. The molecule has 1 aliphatic heterocycles. The van der Waals surface area contributed by atoms with Gasteiger partial charge in [0.1, 0.15) is 5.69 Å². The molecule has 132 valence electrons. The van der Waals surface area contributed by atoms with E-state index >= 15 is 0 Å². The third-order valence-corrected chi connectivity index (χ3v) is 4.99. The van der Waals surface area contributed by atoms with Gasteiger partial charge in [0.25, 0.3) is 5.91 Å². The number of nitrogens with one attached hydrogen (secondary N) is 1. The molecule has 1 fully saturated rings. The van der Waals surface area contributed by atoms with Crippen LogP contribution in [0.4, 0.5) is 0 Å². The van der Waals surface area contributed by atoms with E-state index in [0.29, 0.717) is 5.69 Å². The molecule has 0 aliphatic carbocycles. The molecule has 0 unspecified atom stereocenters. The first-order chi connectivity index (χ1) is 12.8. The van der Waals surface area contributed by atoms with Gasteiger partial charge in [-0.15, -0.1) is 0 Å². The van der Waals surface area contributed by atoms with Crippen molar-refractivity contribution in [3.05, 3.63) is 72.3 Å². The summed E-state index contributed by atoms with van der Waals surface area (Å²) in [6.45, 7) is 2.91. The Balaban J connectivity index is 1.34. The lowest BCUT2D eigenvalue weighted by atomic mass is 10.0. The summed E-state index contributed by atoms with van der Waals surface area (Å²) >= 11 is 0. The van der Waals surface area contributed by atoms with Crippen molar-refractivity contribution in [2.75, 3.05) is 13.1 Å². The van der Waals surface area contributed by atoms with Gasteiger partial charge in [-0.3, -0.25) is 14.7 Å². The number of piperidine rings is 1. The molecule has 3 aromatic rings. The van der Waals surface area contributed by atoms with Crippen molar-refractivity contribution >= 4 is 16.7 Å². The quantitative estimate of drug-likeness (QED) is 0.789. The fourth-order valence-corrected chi connectivity index (χ4v) is 3.58. The molecule has 5 nitrogen and oxygen atoms in total. The summed E-state index contributed by atoms with van der Waals surface area (Å²) < 4.78 is 0. The van der Waals surface area contributed by atoms with Crippen molar-refractivity contribution in [2.24, 2.45) is 0 Å². The summed E-state index contributed by atoms with van der Waals surface area (Å²) in [7, 11) is 0. The van der Waals surface area contributed by atoms with Crippen LogP contribution < -0.4 is 5.32 Å². The second-order valence-corrected chi connectivity index (χ2v) is 6.75. The van der Waals surface area contributed by atoms with Crippen LogP contribution in [-0.4, -0.2) is 39.9 Å². The van der Waals surface area contributed by atoms with Crippen LogP contribution in [0.5, 0.6) is 0 Å². The maximum absolute atomic E-state index is 12.2. The summed E-state index contributed by atoms with van der Waals surface area (Å²) in [5.41, 5.74) is 1.75. The molecule has 1 aromatic heterocycles. The molecule has 1 saturated heterocycles. The normalized spacial score (nSPS) is 15.8. The third kappa shape index (κ3) is 3.73. The number of fused-ring (bicyclic) bond motifs is 1. The Hall–Kier alpha value is -2.79. The Morgan fingerprint density at radius 1 is 1.08 bits per heavy atom. The van der Waals surface area contributed by atoms with Gasteiger partial charge in [-0.1, -0.05) is 42.5 Å². The van der Waals surface area contributed by atoms with Gasteiger partial charge < -0.3 is 5.32 Å². The van der Waals surface area contributed by atoms with E-state index in [1.165, 1.54) is 22.5 Å². The summed E-state index contributed by atoms with van der Waals surface area (Å²) in [5, 5.41) is 5.70. The lowest BCUT2D eigenvalue weighted by Crippen LogP contribution is -2.44. The minimum Gasteiger partial charge on any atom is -0.348 e. The third-order valence-electron chi connectivity index (χ3n) is 4.99. The number of benzene rings is 2. The first kappa shape index (κ1) is 16.7. The summed E-state index contributed by atoms with van der Waals surface area (Å²) in [5.74, 6) is -0.134. The maximum atomic E-state index is 12.2. The van der Waals surface area contributed by atoms with Gasteiger partial charge in [-0.05, 0) is 29.2 Å². The van der Waals surface area contributed by atoms with Gasteiger partial charge in [-0.2, -0.15) is 0 Å². The smallest absolute Gasteiger partial charge is 0.271 e. The average Bonchev–Trinajstić information content (AvgIpc) is 2.70. The van der Waals surface area contributed by atoms with Crippen LogP contribution in [0.15, 0.2) is 61.1 Å². The average molecular weight is 346 g/mol. The fourth-order valence-electron chi connectivity index (χ4n) is 3.58. The van der Waals surface area contributed by atoms with Gasteiger partial charge in [0, 0.05) is 38.1 Å². The molecule has 4 rings (SSSR count). The number of amides is 1. The van der Waals surface area contributed by atoms with Gasteiger partial charge in [0.05, 0.1) is 6.20 Å². The van der Waals surface area contributed by atoms with E-state index in [0.717, 1.165) is 32.5 Å². The van der Waals surface area contributed by atoms with Crippen molar-refractivity contribution < 1.29 is 4.79 Å². The molecule has 0 saturated carbocycles. The largest absolute Gasteiger partial charge is 0.348 e. The zero-order valence-corrected chi connectivity index (χ0v) is 14.6. The first-order valence-corrected chi connectivity index (χ1v) is 9.05. The van der Waals surface area contributed by atoms with E-state index in [9.17, 15) is 4.79 Å². The van der Waals surface area contributed by atoms with E-state index in [-0.39, 0.29) is 11.9 Å². The SMILES string of the molecule is O=C(NC1CCN(Cc2cccc3ccccc23)CC1)c1cnccn1. The maximum Gasteiger partial charge on any atom is 0.271 e. The fraction of sp³-hybridized carbons (Fsp3) is 0.286.